The highest BCUT2D eigenvalue weighted by Gasteiger charge is 2.35. The molecule has 0 spiro atoms. The van der Waals surface area contributed by atoms with Crippen molar-refractivity contribution in [3.05, 3.63) is 17.0 Å². The van der Waals surface area contributed by atoms with Crippen molar-refractivity contribution in [1.82, 2.24) is 14.9 Å². The smallest absolute Gasteiger partial charge is 0.223 e. The number of hydrogen-bond donors (Lipinski definition) is 0. The van der Waals surface area contributed by atoms with Crippen LogP contribution in [-0.2, 0) is 4.79 Å². The van der Waals surface area contributed by atoms with E-state index in [1.807, 2.05) is 11.0 Å². The van der Waals surface area contributed by atoms with Crippen molar-refractivity contribution in [2.75, 3.05) is 24.5 Å². The Hall–Kier alpha value is -1.36. The van der Waals surface area contributed by atoms with Gasteiger partial charge in [0.15, 0.2) is 0 Å². The summed E-state index contributed by atoms with van der Waals surface area (Å²) < 4.78 is 0. The lowest BCUT2D eigenvalue weighted by atomic mass is 10.1. The maximum atomic E-state index is 11.7. The molecule has 3 heterocycles. The lowest BCUT2D eigenvalue weighted by Crippen LogP contribution is -2.51. The Morgan fingerprint density at radius 2 is 2.15 bits per heavy atom. The maximum Gasteiger partial charge on any atom is 0.223 e. The molecule has 1 amide bonds. The summed E-state index contributed by atoms with van der Waals surface area (Å²) in [5.74, 6) is 2.20. The summed E-state index contributed by atoms with van der Waals surface area (Å²) in [4.78, 5) is 24.8. The second-order valence-electron chi connectivity index (χ2n) is 5.79. The topological polar surface area (TPSA) is 49.3 Å². The summed E-state index contributed by atoms with van der Waals surface area (Å²) >= 11 is 6.11. The molecule has 3 rings (SSSR count). The second-order valence-corrected chi connectivity index (χ2v) is 6.17. The van der Waals surface area contributed by atoms with Gasteiger partial charge in [-0.25, -0.2) is 9.97 Å². The number of hydrogen-bond acceptors (Lipinski definition) is 4. The first-order valence-electron chi connectivity index (χ1n) is 7.13. The van der Waals surface area contributed by atoms with E-state index >= 15 is 0 Å². The van der Waals surface area contributed by atoms with E-state index in [9.17, 15) is 4.79 Å². The van der Waals surface area contributed by atoms with Crippen LogP contribution in [0.3, 0.4) is 0 Å². The van der Waals surface area contributed by atoms with Crippen molar-refractivity contribution in [3.8, 4) is 0 Å². The molecule has 2 aliphatic rings. The number of anilines is 1. The minimum Gasteiger partial charge on any atom is -0.353 e. The van der Waals surface area contributed by atoms with Crippen molar-refractivity contribution < 1.29 is 4.79 Å². The molecule has 0 aliphatic carbocycles. The normalized spacial score (nSPS) is 22.6. The molecular formula is C14H19ClN4O. The predicted octanol–water partition coefficient (Wildman–Crippen LogP) is 2.06. The van der Waals surface area contributed by atoms with Crippen molar-refractivity contribution in [2.45, 2.75) is 38.6 Å². The first-order chi connectivity index (χ1) is 9.54. The third kappa shape index (κ3) is 2.46. The second kappa shape index (κ2) is 5.20. The zero-order valence-corrected chi connectivity index (χ0v) is 12.6. The quantitative estimate of drug-likeness (QED) is 0.784. The van der Waals surface area contributed by atoms with Crippen LogP contribution in [0.5, 0.6) is 0 Å². The van der Waals surface area contributed by atoms with Crippen molar-refractivity contribution in [3.63, 3.8) is 0 Å². The molecule has 0 N–H and O–H groups in total. The Balaban J connectivity index is 1.82. The first kappa shape index (κ1) is 13.6. The Kier molecular flexibility index (Phi) is 3.54. The van der Waals surface area contributed by atoms with Gasteiger partial charge in [0, 0.05) is 44.1 Å². The standard InChI is InChI=1S/C14H19ClN4O/c1-9(2)14-16-11(15)7-12(17-14)18-5-6-19-10(8-18)3-4-13(19)20/h7,9-10H,3-6,8H2,1-2H3. The number of rotatable bonds is 2. The molecule has 0 saturated carbocycles. The van der Waals surface area contributed by atoms with E-state index in [1.165, 1.54) is 0 Å². The van der Waals surface area contributed by atoms with Gasteiger partial charge in [-0.05, 0) is 6.42 Å². The monoisotopic (exact) mass is 294 g/mol. The van der Waals surface area contributed by atoms with Gasteiger partial charge in [0.05, 0.1) is 0 Å². The molecule has 1 unspecified atom stereocenters. The van der Waals surface area contributed by atoms with Gasteiger partial charge >= 0.3 is 0 Å². The van der Waals surface area contributed by atoms with Crippen LogP contribution in [0.2, 0.25) is 5.15 Å². The van der Waals surface area contributed by atoms with Gasteiger partial charge in [-0.15, -0.1) is 0 Å². The largest absolute Gasteiger partial charge is 0.353 e. The Labute approximate surface area is 123 Å². The third-order valence-corrected chi connectivity index (χ3v) is 4.23. The fourth-order valence-corrected chi connectivity index (χ4v) is 3.10. The van der Waals surface area contributed by atoms with Gasteiger partial charge in [-0.1, -0.05) is 25.4 Å². The molecule has 5 nitrogen and oxygen atoms in total. The summed E-state index contributed by atoms with van der Waals surface area (Å²) in [6.45, 7) is 6.55. The van der Waals surface area contributed by atoms with Gasteiger partial charge in [-0.2, -0.15) is 0 Å². The van der Waals surface area contributed by atoms with E-state index < -0.39 is 0 Å². The van der Waals surface area contributed by atoms with E-state index in [-0.39, 0.29) is 5.92 Å². The number of nitrogens with zero attached hydrogens (tertiary/aromatic N) is 4. The molecule has 0 aromatic carbocycles. The highest BCUT2D eigenvalue weighted by Crippen LogP contribution is 2.27. The molecule has 2 saturated heterocycles. The van der Waals surface area contributed by atoms with Crippen LogP contribution in [0, 0.1) is 0 Å². The van der Waals surface area contributed by atoms with E-state index in [0.717, 1.165) is 37.7 Å². The molecule has 20 heavy (non-hydrogen) atoms. The van der Waals surface area contributed by atoms with Crippen LogP contribution < -0.4 is 4.90 Å². The third-order valence-electron chi connectivity index (χ3n) is 4.03. The molecule has 1 aromatic heterocycles. The molecule has 0 radical (unpaired) electrons. The zero-order valence-electron chi connectivity index (χ0n) is 11.8. The number of piperazine rings is 1. The summed E-state index contributed by atoms with van der Waals surface area (Å²) in [7, 11) is 0. The van der Waals surface area contributed by atoms with Crippen molar-refractivity contribution in [2.24, 2.45) is 0 Å². The minimum absolute atomic E-state index is 0.252. The van der Waals surface area contributed by atoms with Crippen LogP contribution in [0.25, 0.3) is 0 Å². The number of carbonyl (C=O) groups is 1. The molecule has 1 atom stereocenters. The fraction of sp³-hybridized carbons (Fsp3) is 0.643. The summed E-state index contributed by atoms with van der Waals surface area (Å²) in [5.41, 5.74) is 0. The number of carbonyl (C=O) groups excluding carboxylic acids is 1. The van der Waals surface area contributed by atoms with Crippen LogP contribution in [0.15, 0.2) is 6.07 Å². The van der Waals surface area contributed by atoms with E-state index in [4.69, 9.17) is 11.6 Å². The SMILES string of the molecule is CC(C)c1nc(Cl)cc(N2CCN3C(=O)CCC3C2)n1. The molecule has 1 aromatic rings. The first-order valence-corrected chi connectivity index (χ1v) is 7.51. The lowest BCUT2D eigenvalue weighted by Gasteiger charge is -2.38. The molecule has 2 fully saturated rings. The summed E-state index contributed by atoms with van der Waals surface area (Å²) in [5, 5.41) is 0.489. The highest BCUT2D eigenvalue weighted by atomic mass is 35.5. The molecule has 2 aliphatic heterocycles. The number of halogens is 1. The average molecular weight is 295 g/mol. The van der Waals surface area contributed by atoms with Gasteiger partial charge in [0.1, 0.15) is 16.8 Å². The van der Waals surface area contributed by atoms with Crippen molar-refractivity contribution in [1.29, 1.82) is 0 Å². The maximum absolute atomic E-state index is 11.7. The highest BCUT2D eigenvalue weighted by molar-refractivity contribution is 6.29. The zero-order chi connectivity index (χ0) is 14.3. The summed E-state index contributed by atoms with van der Waals surface area (Å²) in [6.07, 6.45) is 1.63. The van der Waals surface area contributed by atoms with E-state index in [2.05, 4.69) is 28.7 Å². The van der Waals surface area contributed by atoms with Crippen LogP contribution in [0.4, 0.5) is 5.82 Å². The minimum atomic E-state index is 0.252. The average Bonchev–Trinajstić information content (AvgIpc) is 2.79. The Morgan fingerprint density at radius 3 is 2.90 bits per heavy atom. The van der Waals surface area contributed by atoms with Gasteiger partial charge in [-0.3, -0.25) is 4.79 Å². The van der Waals surface area contributed by atoms with E-state index in [1.54, 1.807) is 0 Å². The lowest BCUT2D eigenvalue weighted by molar-refractivity contribution is -0.129. The van der Waals surface area contributed by atoms with Gasteiger partial charge in [0.2, 0.25) is 5.91 Å². The van der Waals surface area contributed by atoms with Crippen LogP contribution in [-0.4, -0.2) is 46.5 Å². The van der Waals surface area contributed by atoms with Crippen LogP contribution >= 0.6 is 11.6 Å². The van der Waals surface area contributed by atoms with Gasteiger partial charge < -0.3 is 9.80 Å². The Bertz CT molecular complexity index is 534. The van der Waals surface area contributed by atoms with Gasteiger partial charge in [0.25, 0.3) is 0 Å². The van der Waals surface area contributed by atoms with E-state index in [0.29, 0.717) is 23.5 Å². The molecule has 108 valence electrons. The molecule has 0 bridgehead atoms. The molecule has 6 heteroatoms. The number of aromatic nitrogens is 2. The number of fused-ring (bicyclic) bond motifs is 1. The fourth-order valence-electron chi connectivity index (χ4n) is 2.92. The Morgan fingerprint density at radius 1 is 1.35 bits per heavy atom. The van der Waals surface area contributed by atoms with Crippen molar-refractivity contribution >= 4 is 23.3 Å². The molecular weight excluding hydrogens is 276 g/mol. The summed E-state index contributed by atoms with van der Waals surface area (Å²) in [6, 6.07) is 2.15. The predicted molar refractivity (Wildman–Crippen MR) is 78.1 cm³/mol. The van der Waals surface area contributed by atoms with Crippen LogP contribution in [0.1, 0.15) is 38.4 Å². The number of amides is 1.